The summed E-state index contributed by atoms with van der Waals surface area (Å²) < 4.78 is 3.17. The standard InChI is InChI=1S/C62H55GeN3/c1-7-63-40-51-36-44(5)34-35-64(48-28-22-41(2)23-29-48)61-58-52-20-14-15-21-53(52)62(46-16-10-8-11-17-46,47-18-12-9-13-19-47)54(58)39-57(60(61)63)66(50-32-26-43(4)27-33-50)56-38-45(6)37-55(59(56)63)65(51)49-30-24-42(3)25-31-49/h8-34,36-39H,7,35,40H2,1-6H3/b44-34-,51-36+. The molecule has 1 aliphatic carbocycles. The maximum atomic E-state index is 2.73. The van der Waals surface area contributed by atoms with Crippen LogP contribution >= 0.6 is 0 Å². The second kappa shape index (κ2) is 15.4. The number of aryl methyl sites for hydroxylation is 4. The van der Waals surface area contributed by atoms with E-state index < -0.39 is 18.7 Å². The van der Waals surface area contributed by atoms with Gasteiger partial charge in [0.25, 0.3) is 0 Å². The van der Waals surface area contributed by atoms with E-state index in [1.165, 1.54) is 107 Å². The van der Waals surface area contributed by atoms with Crippen LogP contribution in [0.15, 0.2) is 199 Å². The van der Waals surface area contributed by atoms with Gasteiger partial charge in [-0.2, -0.15) is 0 Å². The van der Waals surface area contributed by atoms with E-state index in [9.17, 15) is 0 Å². The molecule has 1 atom stereocenters. The van der Waals surface area contributed by atoms with Gasteiger partial charge in [0.05, 0.1) is 0 Å². The number of rotatable bonds is 6. The molecule has 8 aromatic carbocycles. The Bertz CT molecular complexity index is 3240. The molecule has 8 aromatic rings. The monoisotopic (exact) mass is 915 g/mol. The van der Waals surface area contributed by atoms with E-state index in [1.54, 1.807) is 8.79 Å². The van der Waals surface area contributed by atoms with Crippen molar-refractivity contribution in [3.8, 4) is 11.1 Å². The van der Waals surface area contributed by atoms with Gasteiger partial charge in [0, 0.05) is 0 Å². The zero-order valence-electron chi connectivity index (χ0n) is 38.9. The molecule has 12 rings (SSSR count). The number of anilines is 7. The molecule has 322 valence electrons. The second-order valence-electron chi connectivity index (χ2n) is 19.2. The molecule has 2 bridgehead atoms. The second-order valence-corrected chi connectivity index (χ2v) is 28.1. The van der Waals surface area contributed by atoms with Crippen LogP contribution < -0.4 is 23.5 Å². The molecule has 4 heteroatoms. The van der Waals surface area contributed by atoms with Crippen LogP contribution in [0.3, 0.4) is 0 Å². The van der Waals surface area contributed by atoms with Crippen molar-refractivity contribution >= 4 is 61.9 Å². The van der Waals surface area contributed by atoms with Crippen molar-refractivity contribution < 1.29 is 0 Å². The van der Waals surface area contributed by atoms with Gasteiger partial charge in [0.15, 0.2) is 0 Å². The minimum atomic E-state index is -3.59. The van der Waals surface area contributed by atoms with Gasteiger partial charge in [-0.05, 0) is 0 Å². The van der Waals surface area contributed by atoms with Crippen LogP contribution in [0.25, 0.3) is 11.1 Å². The summed E-state index contributed by atoms with van der Waals surface area (Å²) in [4.78, 5) is 8.05. The Kier molecular flexibility index (Phi) is 9.48. The van der Waals surface area contributed by atoms with Crippen molar-refractivity contribution in [1.29, 1.82) is 0 Å². The molecule has 0 saturated carbocycles. The first-order chi connectivity index (χ1) is 32.2. The van der Waals surface area contributed by atoms with Gasteiger partial charge in [-0.3, -0.25) is 0 Å². The van der Waals surface area contributed by atoms with Crippen molar-refractivity contribution in [3.05, 3.63) is 244 Å². The molecular formula is C62H55GeN3. The van der Waals surface area contributed by atoms with E-state index >= 15 is 0 Å². The van der Waals surface area contributed by atoms with E-state index in [1.807, 2.05) is 0 Å². The minimum absolute atomic E-state index is 0.580. The molecule has 0 saturated heterocycles. The van der Waals surface area contributed by atoms with Gasteiger partial charge in [-0.25, -0.2) is 0 Å². The Labute approximate surface area is 393 Å². The molecule has 0 amide bonds. The third-order valence-electron chi connectivity index (χ3n) is 15.2. The van der Waals surface area contributed by atoms with Crippen molar-refractivity contribution in [2.75, 3.05) is 21.2 Å². The van der Waals surface area contributed by atoms with Crippen molar-refractivity contribution in [1.82, 2.24) is 0 Å². The topological polar surface area (TPSA) is 9.72 Å². The summed E-state index contributed by atoms with van der Waals surface area (Å²) in [6.45, 7) is 14.5. The Morgan fingerprint density at radius 3 is 1.61 bits per heavy atom. The molecule has 3 aliphatic heterocycles. The molecule has 0 aromatic heterocycles. The molecule has 0 fully saturated rings. The quantitative estimate of drug-likeness (QED) is 0.154. The predicted molar refractivity (Wildman–Crippen MR) is 282 cm³/mol. The van der Waals surface area contributed by atoms with E-state index in [4.69, 9.17) is 0 Å². The van der Waals surface area contributed by atoms with Gasteiger partial charge < -0.3 is 0 Å². The summed E-state index contributed by atoms with van der Waals surface area (Å²) in [5, 5.41) is 2.14. The summed E-state index contributed by atoms with van der Waals surface area (Å²) in [6.07, 6.45) is 5.02. The van der Waals surface area contributed by atoms with Gasteiger partial charge in [0.2, 0.25) is 0 Å². The third-order valence-corrected chi connectivity index (χ3v) is 25.9. The number of benzene rings is 8. The first-order valence-electron chi connectivity index (χ1n) is 23.7. The summed E-state index contributed by atoms with van der Waals surface area (Å²) in [7, 11) is 0. The van der Waals surface area contributed by atoms with Crippen LogP contribution in [0.5, 0.6) is 0 Å². The van der Waals surface area contributed by atoms with Crippen LogP contribution in [0.2, 0.25) is 10.5 Å². The summed E-state index contributed by atoms with van der Waals surface area (Å²) in [5.41, 5.74) is 24.2. The van der Waals surface area contributed by atoms with E-state index in [-0.39, 0.29) is 0 Å². The number of hydrogen-bond donors (Lipinski definition) is 0. The SMILES string of the molecule is C[CH2][Ge]12[CH2]/C3=C\C(C)=C/CN(c4ccc(C)cc4)c4c5c(cc([c]41)N(c1ccc(C)cc1)c1cc(C)cc([c]12)N3c1ccc(C)cc1)C(c1ccccc1)(c1ccccc1)c1ccccc1-5. The van der Waals surface area contributed by atoms with Gasteiger partial charge in [-0.1, -0.05) is 0 Å². The Morgan fingerprint density at radius 1 is 0.500 bits per heavy atom. The van der Waals surface area contributed by atoms with Crippen LogP contribution in [0.4, 0.5) is 39.8 Å². The fourth-order valence-electron chi connectivity index (χ4n) is 12.2. The fourth-order valence-corrected chi connectivity index (χ4v) is 23.1. The van der Waals surface area contributed by atoms with Crippen LogP contribution in [0, 0.1) is 27.7 Å². The summed E-state index contributed by atoms with van der Waals surface area (Å²) in [5.74, 6) is 0. The first kappa shape index (κ1) is 40.7. The average molecular weight is 915 g/mol. The molecule has 3 nitrogen and oxygen atoms in total. The van der Waals surface area contributed by atoms with E-state index in [2.05, 4.69) is 244 Å². The molecule has 4 aliphatic rings. The molecule has 0 radical (unpaired) electrons. The van der Waals surface area contributed by atoms with E-state index in [0.717, 1.165) is 17.1 Å². The number of nitrogens with zero attached hydrogens (tertiary/aromatic N) is 3. The van der Waals surface area contributed by atoms with Crippen LogP contribution in [-0.4, -0.2) is 19.8 Å². The normalized spacial score (nSPS) is 19.0. The number of hydrogen-bond acceptors (Lipinski definition) is 3. The Hall–Kier alpha value is -6.82. The Balaban J connectivity index is 1.33. The number of fused-ring (bicyclic) bond motifs is 5. The van der Waals surface area contributed by atoms with E-state index in [0.29, 0.717) is 0 Å². The third kappa shape index (κ3) is 5.88. The summed E-state index contributed by atoms with van der Waals surface area (Å²) in [6, 6.07) is 67.7. The molecule has 3 heterocycles. The average Bonchev–Trinajstić information content (AvgIpc) is 3.63. The first-order valence-corrected chi connectivity index (χ1v) is 28.8. The van der Waals surface area contributed by atoms with Crippen molar-refractivity contribution in [3.63, 3.8) is 0 Å². The van der Waals surface area contributed by atoms with Crippen molar-refractivity contribution in [2.45, 2.75) is 57.5 Å². The molecule has 66 heavy (non-hydrogen) atoms. The summed E-state index contributed by atoms with van der Waals surface area (Å²) >= 11 is -3.59. The fraction of sp³-hybridized carbons (Fsp3) is 0.161. The van der Waals surface area contributed by atoms with Crippen LogP contribution in [0.1, 0.15) is 58.4 Å². The zero-order valence-corrected chi connectivity index (χ0v) is 41.0. The molecule has 0 N–H and O–H groups in total. The predicted octanol–water partition coefficient (Wildman–Crippen LogP) is 14.8. The maximum absolute atomic E-state index is 3.59. The molecule has 0 spiro atoms. The number of allylic oxidation sites excluding steroid dienone is 3. The van der Waals surface area contributed by atoms with Gasteiger partial charge in [-0.15, -0.1) is 0 Å². The van der Waals surface area contributed by atoms with Gasteiger partial charge >= 0.3 is 396 Å². The zero-order chi connectivity index (χ0) is 44.9. The molecular weight excluding hydrogens is 859 g/mol. The molecule has 1 unspecified atom stereocenters. The Morgan fingerprint density at radius 2 is 1.02 bits per heavy atom. The van der Waals surface area contributed by atoms with Crippen LogP contribution in [-0.2, 0) is 5.41 Å². The van der Waals surface area contributed by atoms with Crippen molar-refractivity contribution in [2.24, 2.45) is 0 Å². The van der Waals surface area contributed by atoms with Gasteiger partial charge in [0.1, 0.15) is 0 Å².